The van der Waals surface area contributed by atoms with Gasteiger partial charge in [0.25, 0.3) is 0 Å². The second kappa shape index (κ2) is 10.1. The lowest BCUT2D eigenvalue weighted by Crippen LogP contribution is -2.40. The molecule has 0 aliphatic carbocycles. The average molecular weight is 444 g/mol. The van der Waals surface area contributed by atoms with Crippen LogP contribution in [-0.2, 0) is 9.53 Å². The third-order valence-electron chi connectivity index (χ3n) is 4.37. The number of rotatable bonds is 9. The standard InChI is InChI=1S/C24H28O8/c1-14(2)31-23(28)24(3,4)32-16-8-9-17(19(26)13-16)18(25)10-7-15-11-20(29-5)22(27)21(12-15)30-6/h7-14,26-27H,1-6H3/b10-7+. The fourth-order valence-electron chi connectivity index (χ4n) is 2.75. The van der Waals surface area contributed by atoms with Crippen LogP contribution in [0.4, 0.5) is 0 Å². The molecule has 0 aliphatic rings. The summed E-state index contributed by atoms with van der Waals surface area (Å²) in [5.74, 6) is -0.855. The highest BCUT2D eigenvalue weighted by molar-refractivity contribution is 6.08. The Kier molecular flexibility index (Phi) is 7.75. The maximum atomic E-state index is 12.6. The fourth-order valence-corrected chi connectivity index (χ4v) is 2.75. The predicted molar refractivity (Wildman–Crippen MR) is 119 cm³/mol. The summed E-state index contributed by atoms with van der Waals surface area (Å²) in [5.41, 5.74) is -0.678. The van der Waals surface area contributed by atoms with Gasteiger partial charge in [0, 0.05) is 6.07 Å². The summed E-state index contributed by atoms with van der Waals surface area (Å²) in [5, 5.41) is 20.3. The van der Waals surface area contributed by atoms with Crippen LogP contribution < -0.4 is 14.2 Å². The first-order valence-electron chi connectivity index (χ1n) is 9.89. The minimum Gasteiger partial charge on any atom is -0.507 e. The largest absolute Gasteiger partial charge is 0.507 e. The minimum atomic E-state index is -1.28. The molecule has 0 aromatic heterocycles. The molecule has 8 heteroatoms. The number of benzene rings is 2. The minimum absolute atomic E-state index is 0.0499. The molecule has 0 fully saturated rings. The van der Waals surface area contributed by atoms with E-state index in [1.165, 1.54) is 56.7 Å². The Balaban J connectivity index is 2.20. The first kappa shape index (κ1) is 24.6. The number of aromatic hydroxyl groups is 2. The van der Waals surface area contributed by atoms with Gasteiger partial charge in [-0.25, -0.2) is 4.79 Å². The number of hydrogen-bond acceptors (Lipinski definition) is 8. The number of ketones is 1. The lowest BCUT2D eigenvalue weighted by Gasteiger charge is -2.25. The molecule has 0 heterocycles. The molecule has 2 aromatic rings. The molecular formula is C24H28O8. The van der Waals surface area contributed by atoms with Crippen LogP contribution in [0, 0.1) is 0 Å². The number of hydrogen-bond donors (Lipinski definition) is 2. The molecule has 0 bridgehead atoms. The predicted octanol–water partition coefficient (Wildman–Crippen LogP) is 4.12. The highest BCUT2D eigenvalue weighted by Crippen LogP contribution is 2.37. The molecule has 32 heavy (non-hydrogen) atoms. The van der Waals surface area contributed by atoms with Gasteiger partial charge in [0.15, 0.2) is 22.9 Å². The van der Waals surface area contributed by atoms with Crippen molar-refractivity contribution < 1.29 is 38.7 Å². The van der Waals surface area contributed by atoms with E-state index in [-0.39, 0.29) is 40.4 Å². The molecule has 0 radical (unpaired) electrons. The van der Waals surface area contributed by atoms with Crippen molar-refractivity contribution in [1.82, 2.24) is 0 Å². The average Bonchev–Trinajstić information content (AvgIpc) is 2.72. The molecule has 172 valence electrons. The molecule has 0 saturated carbocycles. The second-order valence-corrected chi connectivity index (χ2v) is 7.72. The molecule has 0 unspecified atom stereocenters. The van der Waals surface area contributed by atoms with Crippen molar-refractivity contribution in [2.75, 3.05) is 14.2 Å². The van der Waals surface area contributed by atoms with Gasteiger partial charge in [-0.3, -0.25) is 4.79 Å². The smallest absolute Gasteiger partial charge is 0.350 e. The van der Waals surface area contributed by atoms with Gasteiger partial charge in [-0.2, -0.15) is 0 Å². The van der Waals surface area contributed by atoms with Crippen LogP contribution >= 0.6 is 0 Å². The number of allylic oxidation sites excluding steroid dienone is 1. The zero-order valence-electron chi connectivity index (χ0n) is 19.0. The number of phenols is 2. The zero-order valence-corrected chi connectivity index (χ0v) is 19.0. The second-order valence-electron chi connectivity index (χ2n) is 7.72. The lowest BCUT2D eigenvalue weighted by molar-refractivity contribution is -0.163. The zero-order chi connectivity index (χ0) is 24.1. The summed E-state index contributed by atoms with van der Waals surface area (Å²) in [6, 6.07) is 7.22. The Morgan fingerprint density at radius 3 is 2.09 bits per heavy atom. The van der Waals surface area contributed by atoms with Crippen LogP contribution in [0.2, 0.25) is 0 Å². The van der Waals surface area contributed by atoms with Crippen molar-refractivity contribution in [2.24, 2.45) is 0 Å². The Bertz CT molecular complexity index is 996. The first-order valence-corrected chi connectivity index (χ1v) is 9.89. The van der Waals surface area contributed by atoms with Gasteiger partial charge >= 0.3 is 5.97 Å². The molecule has 2 N–H and O–H groups in total. The topological polar surface area (TPSA) is 112 Å². The molecule has 0 spiro atoms. The van der Waals surface area contributed by atoms with E-state index in [0.29, 0.717) is 5.56 Å². The number of phenolic OH excluding ortho intramolecular Hbond substituents is 2. The summed E-state index contributed by atoms with van der Waals surface area (Å²) in [6.07, 6.45) is 2.48. The van der Waals surface area contributed by atoms with Gasteiger partial charge in [-0.1, -0.05) is 6.08 Å². The SMILES string of the molecule is COc1cc(/C=C/C(=O)c2ccc(OC(C)(C)C(=O)OC(C)C)cc2O)cc(OC)c1O. The Morgan fingerprint density at radius 1 is 1.00 bits per heavy atom. The van der Waals surface area contributed by atoms with Gasteiger partial charge in [-0.05, 0) is 63.6 Å². The van der Waals surface area contributed by atoms with E-state index in [2.05, 4.69) is 0 Å². The van der Waals surface area contributed by atoms with E-state index < -0.39 is 17.4 Å². The number of ether oxygens (including phenoxy) is 4. The van der Waals surface area contributed by atoms with Crippen molar-refractivity contribution >= 4 is 17.8 Å². The van der Waals surface area contributed by atoms with Crippen LogP contribution in [0.5, 0.6) is 28.7 Å². The maximum absolute atomic E-state index is 12.6. The lowest BCUT2D eigenvalue weighted by atomic mass is 10.1. The van der Waals surface area contributed by atoms with Crippen molar-refractivity contribution in [3.05, 3.63) is 47.5 Å². The number of carbonyl (C=O) groups excluding carboxylic acids is 2. The van der Waals surface area contributed by atoms with Crippen LogP contribution in [0.25, 0.3) is 6.08 Å². The molecular weight excluding hydrogens is 416 g/mol. The van der Waals surface area contributed by atoms with Crippen molar-refractivity contribution in [3.8, 4) is 28.7 Å². The third-order valence-corrected chi connectivity index (χ3v) is 4.37. The normalized spacial score (nSPS) is 11.5. The van der Waals surface area contributed by atoms with E-state index >= 15 is 0 Å². The van der Waals surface area contributed by atoms with Crippen molar-refractivity contribution in [1.29, 1.82) is 0 Å². The van der Waals surface area contributed by atoms with Crippen molar-refractivity contribution in [2.45, 2.75) is 39.4 Å². The third kappa shape index (κ3) is 5.94. The Labute approximate surface area is 187 Å². The molecule has 0 atom stereocenters. The molecule has 0 saturated heterocycles. The summed E-state index contributed by atoms with van der Waals surface area (Å²) < 4.78 is 21.0. The van der Waals surface area contributed by atoms with Gasteiger partial charge < -0.3 is 29.2 Å². The van der Waals surface area contributed by atoms with Crippen LogP contribution in [-0.4, -0.2) is 47.9 Å². The summed E-state index contributed by atoms with van der Waals surface area (Å²) in [6.45, 7) is 6.57. The quantitative estimate of drug-likeness (QED) is 0.338. The highest BCUT2D eigenvalue weighted by atomic mass is 16.6. The van der Waals surface area contributed by atoms with Crippen LogP contribution in [0.1, 0.15) is 43.6 Å². The number of esters is 1. The van der Waals surface area contributed by atoms with E-state index in [0.717, 1.165) is 0 Å². The van der Waals surface area contributed by atoms with E-state index in [4.69, 9.17) is 18.9 Å². The first-order chi connectivity index (χ1) is 15.0. The number of carbonyl (C=O) groups is 2. The van der Waals surface area contributed by atoms with Gasteiger partial charge in [-0.15, -0.1) is 0 Å². The fraction of sp³-hybridized carbons (Fsp3) is 0.333. The van der Waals surface area contributed by atoms with E-state index in [1.54, 1.807) is 27.7 Å². The maximum Gasteiger partial charge on any atom is 0.350 e. The van der Waals surface area contributed by atoms with Crippen molar-refractivity contribution in [3.63, 3.8) is 0 Å². The highest BCUT2D eigenvalue weighted by Gasteiger charge is 2.32. The number of methoxy groups -OCH3 is 2. The van der Waals surface area contributed by atoms with E-state index in [1.807, 2.05) is 0 Å². The van der Waals surface area contributed by atoms with Crippen LogP contribution in [0.3, 0.4) is 0 Å². The summed E-state index contributed by atoms with van der Waals surface area (Å²) in [4.78, 5) is 24.7. The van der Waals surface area contributed by atoms with Gasteiger partial charge in [0.2, 0.25) is 5.75 Å². The molecule has 2 aromatic carbocycles. The Morgan fingerprint density at radius 2 is 1.59 bits per heavy atom. The van der Waals surface area contributed by atoms with Crippen LogP contribution in [0.15, 0.2) is 36.4 Å². The molecule has 8 nitrogen and oxygen atoms in total. The van der Waals surface area contributed by atoms with Gasteiger partial charge in [0.1, 0.15) is 11.5 Å². The molecule has 0 aliphatic heterocycles. The van der Waals surface area contributed by atoms with E-state index in [9.17, 15) is 19.8 Å². The Hall–Kier alpha value is -3.68. The molecule has 0 amide bonds. The summed E-state index contributed by atoms with van der Waals surface area (Å²) in [7, 11) is 2.80. The monoisotopic (exact) mass is 444 g/mol. The molecule has 2 rings (SSSR count). The van der Waals surface area contributed by atoms with Gasteiger partial charge in [0.05, 0.1) is 25.9 Å². The summed E-state index contributed by atoms with van der Waals surface area (Å²) >= 11 is 0.